The Morgan fingerprint density at radius 2 is 0.926 bits per heavy atom. The van der Waals surface area contributed by atoms with Gasteiger partial charge in [0.1, 0.15) is 0 Å². The first-order chi connectivity index (χ1) is 13.2. The second-order valence-corrected chi connectivity index (χ2v) is 10.5. The molecule has 0 unspecified atom stereocenters. The van der Waals surface area contributed by atoms with E-state index < -0.39 is 7.82 Å². The van der Waals surface area contributed by atoms with Gasteiger partial charge >= 0.3 is 7.82 Å². The number of fused-ring (bicyclic) bond motifs is 3. The number of unbranched alkanes of at least 4 members (excludes halogenated alkanes) is 15. The van der Waals surface area contributed by atoms with Gasteiger partial charge in [0.25, 0.3) is 0 Å². The van der Waals surface area contributed by atoms with Crippen LogP contribution in [-0.4, -0.2) is 19.8 Å². The van der Waals surface area contributed by atoms with Gasteiger partial charge in [0.05, 0.1) is 19.8 Å². The highest BCUT2D eigenvalue weighted by Gasteiger charge is 2.49. The minimum Gasteiger partial charge on any atom is -0.286 e. The molecule has 0 atom stereocenters. The molecule has 160 valence electrons. The Morgan fingerprint density at radius 1 is 0.593 bits per heavy atom. The first kappa shape index (κ1) is 23.4. The summed E-state index contributed by atoms with van der Waals surface area (Å²) >= 11 is 0. The van der Waals surface area contributed by atoms with Crippen molar-refractivity contribution in [1.82, 2.24) is 0 Å². The summed E-state index contributed by atoms with van der Waals surface area (Å²) in [5.41, 5.74) is -0.0395. The van der Waals surface area contributed by atoms with Gasteiger partial charge in [-0.25, -0.2) is 4.57 Å². The maximum Gasteiger partial charge on any atom is 0.474 e. The van der Waals surface area contributed by atoms with Crippen molar-refractivity contribution in [3.05, 3.63) is 0 Å². The average molecular weight is 403 g/mol. The minimum absolute atomic E-state index is 0.0395. The maximum atomic E-state index is 11.7. The van der Waals surface area contributed by atoms with Gasteiger partial charge < -0.3 is 0 Å². The number of phosphoric ester groups is 1. The molecule has 27 heavy (non-hydrogen) atoms. The summed E-state index contributed by atoms with van der Waals surface area (Å²) in [6.45, 7) is 3.92. The topological polar surface area (TPSA) is 44.8 Å². The van der Waals surface area contributed by atoms with Crippen molar-refractivity contribution in [3.8, 4) is 0 Å². The Hall–Kier alpha value is 0.110. The molecule has 3 aliphatic heterocycles. The van der Waals surface area contributed by atoms with E-state index in [0.29, 0.717) is 19.8 Å². The molecule has 0 radical (unpaired) electrons. The zero-order valence-corrected chi connectivity index (χ0v) is 18.6. The van der Waals surface area contributed by atoms with E-state index in [4.69, 9.17) is 13.6 Å². The van der Waals surface area contributed by atoms with Gasteiger partial charge in [-0.1, -0.05) is 110 Å². The summed E-state index contributed by atoms with van der Waals surface area (Å²) in [6.07, 6.45) is 23.3. The average Bonchev–Trinajstić information content (AvgIpc) is 2.69. The maximum absolute atomic E-state index is 11.7. The molecular weight excluding hydrogens is 359 g/mol. The molecule has 5 heteroatoms. The number of phosphoric acid groups is 1. The molecule has 3 saturated heterocycles. The fourth-order valence-corrected chi connectivity index (χ4v) is 5.67. The molecule has 3 heterocycles. The predicted octanol–water partition coefficient (Wildman–Crippen LogP) is 7.81. The third kappa shape index (κ3) is 9.43. The van der Waals surface area contributed by atoms with Crippen LogP contribution in [0.3, 0.4) is 0 Å². The normalized spacial score (nSPS) is 27.3. The van der Waals surface area contributed by atoms with E-state index in [1.807, 2.05) is 0 Å². The van der Waals surface area contributed by atoms with Crippen LogP contribution < -0.4 is 0 Å². The zero-order chi connectivity index (χ0) is 19.3. The first-order valence-corrected chi connectivity index (χ1v) is 13.2. The predicted molar refractivity (Wildman–Crippen MR) is 112 cm³/mol. The smallest absolute Gasteiger partial charge is 0.286 e. The second kappa shape index (κ2) is 13.4. The van der Waals surface area contributed by atoms with Gasteiger partial charge in [0.2, 0.25) is 0 Å². The molecule has 0 aromatic carbocycles. The Bertz CT molecular complexity index is 395. The number of rotatable bonds is 17. The summed E-state index contributed by atoms with van der Waals surface area (Å²) in [4.78, 5) is 0. The van der Waals surface area contributed by atoms with Crippen molar-refractivity contribution in [2.24, 2.45) is 5.41 Å². The molecule has 2 bridgehead atoms. The van der Waals surface area contributed by atoms with Gasteiger partial charge in [-0.15, -0.1) is 0 Å². The lowest BCUT2D eigenvalue weighted by atomic mass is 9.85. The quantitative estimate of drug-likeness (QED) is 0.184. The van der Waals surface area contributed by atoms with Crippen LogP contribution in [0.15, 0.2) is 0 Å². The lowest BCUT2D eigenvalue weighted by Gasteiger charge is -2.44. The van der Waals surface area contributed by atoms with E-state index in [1.165, 1.54) is 103 Å². The highest BCUT2D eigenvalue weighted by molar-refractivity contribution is 7.48. The summed E-state index contributed by atoms with van der Waals surface area (Å²) in [7, 11) is -3.15. The summed E-state index contributed by atoms with van der Waals surface area (Å²) < 4.78 is 27.5. The molecule has 0 N–H and O–H groups in total. The van der Waals surface area contributed by atoms with Crippen molar-refractivity contribution in [1.29, 1.82) is 0 Å². The standard InChI is InChI=1S/C22H43O4P/c1-2-3-4-5-6-7-8-9-10-11-12-13-14-15-16-17-18-22-19-24-27(23,25-20-22)26-21-22/h2-21H2,1H3. The second-order valence-electron chi connectivity index (χ2n) is 8.82. The van der Waals surface area contributed by atoms with E-state index in [-0.39, 0.29) is 5.41 Å². The fourth-order valence-electron chi connectivity index (χ4n) is 4.15. The van der Waals surface area contributed by atoms with Gasteiger partial charge in [-0.2, -0.15) is 0 Å². The van der Waals surface area contributed by atoms with Crippen LogP contribution in [-0.2, 0) is 18.1 Å². The van der Waals surface area contributed by atoms with E-state index in [9.17, 15) is 4.57 Å². The Kier molecular flexibility index (Phi) is 11.6. The van der Waals surface area contributed by atoms with Crippen LogP contribution in [0.5, 0.6) is 0 Å². The van der Waals surface area contributed by atoms with E-state index >= 15 is 0 Å². The summed E-state index contributed by atoms with van der Waals surface area (Å²) in [5, 5.41) is 0. The van der Waals surface area contributed by atoms with Crippen molar-refractivity contribution in [2.45, 2.75) is 116 Å². The molecule has 3 rings (SSSR count). The number of hydrogen-bond acceptors (Lipinski definition) is 4. The Labute approximate surface area is 167 Å². The van der Waals surface area contributed by atoms with Crippen LogP contribution in [0.25, 0.3) is 0 Å². The third-order valence-electron chi connectivity index (χ3n) is 6.15. The highest BCUT2D eigenvalue weighted by Crippen LogP contribution is 2.60. The molecule has 3 fully saturated rings. The number of hydrogen-bond donors (Lipinski definition) is 0. The van der Waals surface area contributed by atoms with Crippen molar-refractivity contribution in [3.63, 3.8) is 0 Å². The van der Waals surface area contributed by atoms with Crippen molar-refractivity contribution >= 4 is 7.82 Å². The molecule has 4 nitrogen and oxygen atoms in total. The van der Waals surface area contributed by atoms with E-state index in [2.05, 4.69) is 6.92 Å². The van der Waals surface area contributed by atoms with Crippen LogP contribution in [0.2, 0.25) is 0 Å². The van der Waals surface area contributed by atoms with Crippen LogP contribution in [0.4, 0.5) is 0 Å². The minimum atomic E-state index is -3.15. The molecular formula is C22H43O4P. The van der Waals surface area contributed by atoms with Crippen LogP contribution in [0, 0.1) is 5.41 Å². The lowest BCUT2D eigenvalue weighted by Crippen LogP contribution is -2.44. The first-order valence-electron chi connectivity index (χ1n) is 11.7. The summed E-state index contributed by atoms with van der Waals surface area (Å²) in [5.74, 6) is 0. The molecule has 0 aliphatic carbocycles. The van der Waals surface area contributed by atoms with E-state index in [1.54, 1.807) is 0 Å². The van der Waals surface area contributed by atoms with Crippen molar-refractivity contribution < 1.29 is 18.1 Å². The molecule has 0 spiro atoms. The highest BCUT2D eigenvalue weighted by atomic mass is 31.2. The fraction of sp³-hybridized carbons (Fsp3) is 1.00. The zero-order valence-electron chi connectivity index (χ0n) is 17.7. The lowest BCUT2D eigenvalue weighted by molar-refractivity contribution is -0.0982. The Morgan fingerprint density at radius 3 is 1.30 bits per heavy atom. The largest absolute Gasteiger partial charge is 0.474 e. The van der Waals surface area contributed by atoms with Gasteiger partial charge in [-0.05, 0) is 6.42 Å². The SMILES string of the molecule is CCCCCCCCCCCCCCCCCCC12COP(=O)(OC1)OC2. The van der Waals surface area contributed by atoms with E-state index in [0.717, 1.165) is 6.42 Å². The van der Waals surface area contributed by atoms with Crippen LogP contribution >= 0.6 is 7.82 Å². The van der Waals surface area contributed by atoms with Gasteiger partial charge in [-0.3, -0.25) is 13.6 Å². The van der Waals surface area contributed by atoms with Crippen molar-refractivity contribution in [2.75, 3.05) is 19.8 Å². The molecule has 0 saturated carbocycles. The van der Waals surface area contributed by atoms with Gasteiger partial charge in [0.15, 0.2) is 0 Å². The molecule has 3 aliphatic rings. The van der Waals surface area contributed by atoms with Crippen LogP contribution in [0.1, 0.15) is 116 Å². The Balaban J connectivity index is 1.29. The summed E-state index contributed by atoms with van der Waals surface area (Å²) in [6, 6.07) is 0. The monoisotopic (exact) mass is 402 g/mol. The molecule has 0 aromatic heterocycles. The van der Waals surface area contributed by atoms with Gasteiger partial charge in [0, 0.05) is 5.41 Å². The third-order valence-corrected chi connectivity index (χ3v) is 7.48. The molecule has 0 amide bonds. The molecule has 0 aromatic rings.